The number of carbonyl (C=O) groups excluding carboxylic acids is 1. The molecule has 21 heavy (non-hydrogen) atoms. The van der Waals surface area contributed by atoms with Crippen LogP contribution in [0.4, 0.5) is 0 Å². The van der Waals surface area contributed by atoms with Gasteiger partial charge in [0.15, 0.2) is 0 Å². The van der Waals surface area contributed by atoms with E-state index in [1.165, 1.54) is 5.56 Å². The van der Waals surface area contributed by atoms with E-state index >= 15 is 0 Å². The number of furan rings is 1. The number of carbonyl (C=O) groups is 1. The molecule has 2 aliphatic heterocycles. The van der Waals surface area contributed by atoms with Crippen LogP contribution in [-0.2, 0) is 11.3 Å². The minimum Gasteiger partial charge on any atom is -0.472 e. The number of hydrogen-bond donors (Lipinski definition) is 0. The fourth-order valence-corrected chi connectivity index (χ4v) is 3.82. The Morgan fingerprint density at radius 2 is 2.05 bits per heavy atom. The molecule has 0 aromatic carbocycles. The largest absolute Gasteiger partial charge is 0.472 e. The van der Waals surface area contributed by atoms with E-state index in [0.717, 1.165) is 51.9 Å². The molecule has 116 valence electrons. The van der Waals surface area contributed by atoms with Crippen molar-refractivity contribution in [3.63, 3.8) is 0 Å². The third kappa shape index (κ3) is 3.00. The molecule has 0 radical (unpaired) electrons. The molecule has 1 spiro atoms. The molecule has 0 N–H and O–H groups in total. The summed E-state index contributed by atoms with van der Waals surface area (Å²) in [5.74, 6) is 0.917. The van der Waals surface area contributed by atoms with E-state index in [2.05, 4.69) is 23.6 Å². The molecule has 2 fully saturated rings. The van der Waals surface area contributed by atoms with Crippen LogP contribution in [0.2, 0.25) is 0 Å². The van der Waals surface area contributed by atoms with Crippen LogP contribution in [0, 0.1) is 5.92 Å². The molecular weight excluding hydrogens is 264 g/mol. The maximum atomic E-state index is 12.2. The van der Waals surface area contributed by atoms with Crippen LogP contribution in [0.5, 0.6) is 0 Å². The van der Waals surface area contributed by atoms with Crippen molar-refractivity contribution in [1.29, 1.82) is 0 Å². The fraction of sp³-hybridized carbons (Fsp3) is 0.706. The van der Waals surface area contributed by atoms with E-state index in [-0.39, 0.29) is 5.54 Å². The first-order valence-corrected chi connectivity index (χ1v) is 8.13. The van der Waals surface area contributed by atoms with E-state index in [1.54, 1.807) is 6.26 Å². The molecule has 0 unspecified atom stereocenters. The Morgan fingerprint density at radius 3 is 2.67 bits per heavy atom. The maximum absolute atomic E-state index is 12.2. The Labute approximate surface area is 127 Å². The number of piperidine rings is 1. The molecule has 1 amide bonds. The predicted molar refractivity (Wildman–Crippen MR) is 81.7 cm³/mol. The molecule has 0 bridgehead atoms. The van der Waals surface area contributed by atoms with Gasteiger partial charge in [0, 0.05) is 43.7 Å². The number of amides is 1. The molecule has 3 heterocycles. The summed E-state index contributed by atoms with van der Waals surface area (Å²) >= 11 is 0. The van der Waals surface area contributed by atoms with Crippen molar-refractivity contribution in [2.45, 2.75) is 51.6 Å². The summed E-state index contributed by atoms with van der Waals surface area (Å²) in [6.45, 7) is 8.44. The summed E-state index contributed by atoms with van der Waals surface area (Å²) in [6, 6.07) is 2.04. The summed E-state index contributed by atoms with van der Waals surface area (Å²) in [5.41, 5.74) is 1.39. The van der Waals surface area contributed by atoms with Crippen molar-refractivity contribution in [1.82, 2.24) is 9.80 Å². The SMILES string of the molecule is CC(C)CN1C(=O)CCC12CCN(Cc1ccoc1)CC2. The van der Waals surface area contributed by atoms with Crippen LogP contribution < -0.4 is 0 Å². The lowest BCUT2D eigenvalue weighted by molar-refractivity contribution is -0.133. The van der Waals surface area contributed by atoms with Gasteiger partial charge in [0.25, 0.3) is 0 Å². The topological polar surface area (TPSA) is 36.7 Å². The first-order chi connectivity index (χ1) is 10.1. The van der Waals surface area contributed by atoms with Gasteiger partial charge in [-0.25, -0.2) is 0 Å². The zero-order valence-corrected chi connectivity index (χ0v) is 13.2. The summed E-state index contributed by atoms with van der Waals surface area (Å²) in [7, 11) is 0. The molecule has 2 saturated heterocycles. The average molecular weight is 290 g/mol. The van der Waals surface area contributed by atoms with Gasteiger partial charge < -0.3 is 9.32 Å². The molecule has 0 atom stereocenters. The smallest absolute Gasteiger partial charge is 0.223 e. The Balaban J connectivity index is 1.62. The average Bonchev–Trinajstić information content (AvgIpc) is 3.05. The molecular formula is C17H26N2O2. The maximum Gasteiger partial charge on any atom is 0.223 e. The van der Waals surface area contributed by atoms with E-state index in [9.17, 15) is 4.79 Å². The van der Waals surface area contributed by atoms with Gasteiger partial charge in [0.1, 0.15) is 0 Å². The molecule has 0 saturated carbocycles. The van der Waals surface area contributed by atoms with E-state index < -0.39 is 0 Å². The molecule has 1 aromatic heterocycles. The van der Waals surface area contributed by atoms with Gasteiger partial charge in [-0.1, -0.05) is 13.8 Å². The summed E-state index contributed by atoms with van der Waals surface area (Å²) in [4.78, 5) is 16.9. The molecule has 0 aliphatic carbocycles. The third-order valence-corrected chi connectivity index (χ3v) is 5.00. The number of likely N-dealkylation sites (tertiary alicyclic amines) is 2. The lowest BCUT2D eigenvalue weighted by atomic mass is 9.84. The highest BCUT2D eigenvalue weighted by atomic mass is 16.3. The van der Waals surface area contributed by atoms with Gasteiger partial charge in [0.2, 0.25) is 5.91 Å². The first-order valence-electron chi connectivity index (χ1n) is 8.13. The Hall–Kier alpha value is -1.29. The highest BCUT2D eigenvalue weighted by Gasteiger charge is 2.46. The van der Waals surface area contributed by atoms with Gasteiger partial charge in [0.05, 0.1) is 12.5 Å². The quantitative estimate of drug-likeness (QED) is 0.855. The number of rotatable bonds is 4. The summed E-state index contributed by atoms with van der Waals surface area (Å²) in [6.07, 6.45) is 7.59. The highest BCUT2D eigenvalue weighted by Crippen LogP contribution is 2.39. The fourth-order valence-electron chi connectivity index (χ4n) is 3.82. The van der Waals surface area contributed by atoms with Crippen molar-refractivity contribution >= 4 is 5.91 Å². The molecule has 4 heteroatoms. The molecule has 3 rings (SSSR count). The van der Waals surface area contributed by atoms with Crippen LogP contribution in [0.1, 0.15) is 45.1 Å². The predicted octanol–water partition coefficient (Wildman–Crippen LogP) is 2.89. The van der Waals surface area contributed by atoms with Crippen LogP contribution in [0.3, 0.4) is 0 Å². The minimum absolute atomic E-state index is 0.147. The number of nitrogens with zero attached hydrogens (tertiary/aromatic N) is 2. The molecule has 2 aliphatic rings. The lowest BCUT2D eigenvalue weighted by Gasteiger charge is -2.45. The van der Waals surface area contributed by atoms with Gasteiger partial charge >= 0.3 is 0 Å². The zero-order valence-electron chi connectivity index (χ0n) is 13.2. The molecule has 4 nitrogen and oxygen atoms in total. The van der Waals surface area contributed by atoms with Crippen LogP contribution in [-0.4, -0.2) is 40.9 Å². The van der Waals surface area contributed by atoms with Crippen LogP contribution in [0.15, 0.2) is 23.0 Å². The van der Waals surface area contributed by atoms with Gasteiger partial charge in [-0.3, -0.25) is 9.69 Å². The summed E-state index contributed by atoms with van der Waals surface area (Å²) in [5, 5.41) is 0. The number of hydrogen-bond acceptors (Lipinski definition) is 3. The monoisotopic (exact) mass is 290 g/mol. The second-order valence-corrected chi connectivity index (χ2v) is 7.03. The van der Waals surface area contributed by atoms with Crippen molar-refractivity contribution in [2.75, 3.05) is 19.6 Å². The standard InChI is InChI=1S/C17H26N2O2/c1-14(2)11-19-16(20)3-5-17(19)6-8-18(9-7-17)12-15-4-10-21-13-15/h4,10,13-14H,3,5-9,11-12H2,1-2H3. The van der Waals surface area contributed by atoms with Crippen LogP contribution >= 0.6 is 0 Å². The Kier molecular flexibility index (Phi) is 4.07. The van der Waals surface area contributed by atoms with Gasteiger partial charge in [-0.15, -0.1) is 0 Å². The second-order valence-electron chi connectivity index (χ2n) is 7.03. The van der Waals surface area contributed by atoms with Crippen molar-refractivity contribution in [2.24, 2.45) is 5.92 Å². The Bertz CT molecular complexity index is 473. The van der Waals surface area contributed by atoms with Crippen molar-refractivity contribution in [3.8, 4) is 0 Å². The van der Waals surface area contributed by atoms with Gasteiger partial charge in [-0.2, -0.15) is 0 Å². The van der Waals surface area contributed by atoms with Crippen molar-refractivity contribution < 1.29 is 9.21 Å². The van der Waals surface area contributed by atoms with Crippen LogP contribution in [0.25, 0.3) is 0 Å². The lowest BCUT2D eigenvalue weighted by Crippen LogP contribution is -2.53. The molecule has 1 aromatic rings. The normalized spacial score (nSPS) is 22.6. The minimum atomic E-state index is 0.147. The van der Waals surface area contributed by atoms with E-state index in [4.69, 9.17) is 4.42 Å². The third-order valence-electron chi connectivity index (χ3n) is 5.00. The summed E-state index contributed by atoms with van der Waals surface area (Å²) < 4.78 is 5.14. The first kappa shape index (κ1) is 14.6. The van der Waals surface area contributed by atoms with Gasteiger partial charge in [-0.05, 0) is 31.2 Å². The highest BCUT2D eigenvalue weighted by molar-refractivity contribution is 5.79. The zero-order chi connectivity index (χ0) is 14.9. The van der Waals surface area contributed by atoms with Crippen molar-refractivity contribution in [3.05, 3.63) is 24.2 Å². The van der Waals surface area contributed by atoms with E-state index in [1.807, 2.05) is 12.3 Å². The van der Waals surface area contributed by atoms with E-state index in [0.29, 0.717) is 11.8 Å². The Morgan fingerprint density at radius 1 is 1.29 bits per heavy atom. The second kappa shape index (κ2) is 5.84.